The molecule has 3 aliphatic heterocycles. The van der Waals surface area contributed by atoms with Gasteiger partial charge in [0.05, 0.1) is 39.7 Å². The molecule has 3 aliphatic rings. The Balaban J connectivity index is 1.46. The minimum atomic E-state index is -0.836. The zero-order valence-corrected chi connectivity index (χ0v) is 22.8. The lowest BCUT2D eigenvalue weighted by Gasteiger charge is -2.45. The van der Waals surface area contributed by atoms with Gasteiger partial charge in [0, 0.05) is 67.8 Å². The molecule has 2 aromatic heterocycles. The second-order valence-electron chi connectivity index (χ2n) is 9.92. The van der Waals surface area contributed by atoms with Crippen molar-refractivity contribution in [3.63, 3.8) is 0 Å². The first-order chi connectivity index (χ1) is 19.0. The van der Waals surface area contributed by atoms with E-state index in [9.17, 15) is 0 Å². The number of ether oxygens (including phenoxy) is 4. The molecule has 0 aliphatic carbocycles. The van der Waals surface area contributed by atoms with Crippen molar-refractivity contribution < 1.29 is 27.7 Å². The Labute approximate surface area is 230 Å². The average Bonchev–Trinajstić information content (AvgIpc) is 3.37. The molecule has 0 radical (unpaired) electrons. The van der Waals surface area contributed by atoms with Gasteiger partial charge in [-0.3, -0.25) is 4.90 Å². The number of pyridine rings is 1. The largest absolute Gasteiger partial charge is 0.493 e. The van der Waals surface area contributed by atoms with Crippen LogP contribution in [0.1, 0.15) is 24.1 Å². The number of hydrogen-bond donors (Lipinski definition) is 1. The predicted molar refractivity (Wildman–Crippen MR) is 147 cm³/mol. The standard InChI is InChI=1S/C27H31F2N5O4S/c1-35-20-12-21(36-2)23(29)25(22(20)28)33-14-16-13-30-26-19(11-17(31-26)15-32-5-9-38-10-6-32)24(16)34(27(33)39)18-3-7-37-8-4-18/h11-13,18H,3-10,14-15H2,1-2H3,(H,30,31). The first-order valence-electron chi connectivity index (χ1n) is 13.1. The number of rotatable bonds is 6. The van der Waals surface area contributed by atoms with Crippen LogP contribution in [0.3, 0.4) is 0 Å². The van der Waals surface area contributed by atoms with Crippen LogP contribution in [0.5, 0.6) is 11.5 Å². The fourth-order valence-corrected chi connectivity index (χ4v) is 6.07. The maximum atomic E-state index is 15.6. The quantitative estimate of drug-likeness (QED) is 0.452. The van der Waals surface area contributed by atoms with E-state index in [1.807, 2.05) is 4.90 Å². The number of morpholine rings is 1. The minimum absolute atomic E-state index is 0.00498. The molecule has 2 fully saturated rings. The number of aromatic amines is 1. The SMILES string of the molecule is COc1cc(OC)c(F)c(N2Cc3cnc4[nH]c(CN5CCOCC5)cc4c3N(C3CCOCC3)C2=S)c1F. The highest BCUT2D eigenvalue weighted by molar-refractivity contribution is 7.80. The van der Waals surface area contributed by atoms with Crippen LogP contribution in [0, 0.1) is 11.6 Å². The number of methoxy groups -OCH3 is 2. The molecule has 1 aromatic carbocycles. The molecule has 9 nitrogen and oxygen atoms in total. The van der Waals surface area contributed by atoms with Gasteiger partial charge >= 0.3 is 0 Å². The molecule has 0 saturated carbocycles. The van der Waals surface area contributed by atoms with Crippen molar-refractivity contribution in [2.24, 2.45) is 0 Å². The van der Waals surface area contributed by atoms with Crippen molar-refractivity contribution in [1.82, 2.24) is 14.9 Å². The summed E-state index contributed by atoms with van der Waals surface area (Å²) >= 11 is 6.01. The second kappa shape index (κ2) is 10.8. The Hall–Kier alpha value is -3.06. The van der Waals surface area contributed by atoms with Gasteiger partial charge in [-0.2, -0.15) is 0 Å². The molecule has 39 heavy (non-hydrogen) atoms. The van der Waals surface area contributed by atoms with Crippen LogP contribution in [0.25, 0.3) is 11.0 Å². The molecule has 3 aromatic rings. The summed E-state index contributed by atoms with van der Waals surface area (Å²) in [5.41, 5.74) is 3.24. The molecule has 6 rings (SSSR count). The van der Waals surface area contributed by atoms with E-state index >= 15 is 8.78 Å². The lowest BCUT2D eigenvalue weighted by molar-refractivity contribution is 0.0337. The van der Waals surface area contributed by atoms with Crippen molar-refractivity contribution in [2.75, 3.05) is 63.5 Å². The Morgan fingerprint density at radius 2 is 1.67 bits per heavy atom. The van der Waals surface area contributed by atoms with Crippen LogP contribution in [0.2, 0.25) is 0 Å². The normalized spacial score (nSPS) is 19.0. The Kier molecular flexibility index (Phi) is 7.27. The highest BCUT2D eigenvalue weighted by Gasteiger charge is 2.39. The average molecular weight is 560 g/mol. The van der Waals surface area contributed by atoms with E-state index in [2.05, 4.69) is 16.0 Å². The zero-order chi connectivity index (χ0) is 27.1. The van der Waals surface area contributed by atoms with Crippen molar-refractivity contribution in [1.29, 1.82) is 0 Å². The second-order valence-corrected chi connectivity index (χ2v) is 10.3. The number of H-pyrrole nitrogens is 1. The lowest BCUT2D eigenvalue weighted by atomic mass is 10.0. The minimum Gasteiger partial charge on any atom is -0.493 e. The zero-order valence-electron chi connectivity index (χ0n) is 22.0. The van der Waals surface area contributed by atoms with Gasteiger partial charge in [-0.05, 0) is 31.1 Å². The molecule has 5 heterocycles. The first-order valence-corrected chi connectivity index (χ1v) is 13.5. The summed E-state index contributed by atoms with van der Waals surface area (Å²) in [5, 5.41) is 1.25. The van der Waals surface area contributed by atoms with Crippen LogP contribution < -0.4 is 19.3 Å². The highest BCUT2D eigenvalue weighted by atomic mass is 32.1. The summed E-state index contributed by atoms with van der Waals surface area (Å²) in [5.74, 6) is -1.92. The smallest absolute Gasteiger partial charge is 0.192 e. The number of nitrogens with zero attached hydrogens (tertiary/aromatic N) is 4. The van der Waals surface area contributed by atoms with Crippen LogP contribution in [-0.2, 0) is 22.6 Å². The Bertz CT molecular complexity index is 1360. The molecular formula is C27H31F2N5O4S. The maximum Gasteiger partial charge on any atom is 0.192 e. The van der Waals surface area contributed by atoms with Gasteiger partial charge in [-0.15, -0.1) is 0 Å². The van der Waals surface area contributed by atoms with Crippen LogP contribution in [0.15, 0.2) is 18.3 Å². The van der Waals surface area contributed by atoms with Crippen LogP contribution in [0.4, 0.5) is 20.2 Å². The number of anilines is 2. The van der Waals surface area contributed by atoms with Crippen LogP contribution >= 0.6 is 12.2 Å². The van der Waals surface area contributed by atoms with Crippen LogP contribution in [-0.4, -0.2) is 79.8 Å². The van der Waals surface area contributed by atoms with Gasteiger partial charge in [0.25, 0.3) is 0 Å². The fraction of sp³-hybridized carbons (Fsp3) is 0.481. The van der Waals surface area contributed by atoms with E-state index in [4.69, 9.17) is 36.1 Å². The van der Waals surface area contributed by atoms with E-state index in [-0.39, 0.29) is 29.8 Å². The van der Waals surface area contributed by atoms with Gasteiger partial charge in [-0.25, -0.2) is 13.8 Å². The lowest BCUT2D eigenvalue weighted by Crippen LogP contribution is -2.53. The number of aromatic nitrogens is 2. The molecule has 0 unspecified atom stereocenters. The van der Waals surface area contributed by atoms with Crippen molar-refractivity contribution in [3.8, 4) is 11.5 Å². The van der Waals surface area contributed by atoms with E-state index < -0.39 is 11.6 Å². The molecule has 1 N–H and O–H groups in total. The molecule has 208 valence electrons. The Morgan fingerprint density at radius 3 is 2.33 bits per heavy atom. The topological polar surface area (TPSA) is 75.3 Å². The van der Waals surface area contributed by atoms with Gasteiger partial charge < -0.3 is 33.7 Å². The third-order valence-corrected chi connectivity index (χ3v) is 8.06. The van der Waals surface area contributed by atoms with Crippen molar-refractivity contribution in [2.45, 2.75) is 32.0 Å². The molecule has 0 spiro atoms. The maximum absolute atomic E-state index is 15.6. The van der Waals surface area contributed by atoms with E-state index in [0.29, 0.717) is 18.3 Å². The molecule has 12 heteroatoms. The highest BCUT2D eigenvalue weighted by Crippen LogP contribution is 2.44. The number of hydrogen-bond acceptors (Lipinski definition) is 7. The number of nitrogens with one attached hydrogen (secondary N) is 1. The van der Waals surface area contributed by atoms with Gasteiger partial charge in [0.1, 0.15) is 11.3 Å². The van der Waals surface area contributed by atoms with Crippen molar-refractivity contribution >= 4 is 39.7 Å². The third kappa shape index (κ3) is 4.69. The summed E-state index contributed by atoms with van der Waals surface area (Å²) in [6.45, 7) is 5.24. The fourth-order valence-electron chi connectivity index (χ4n) is 5.67. The van der Waals surface area contributed by atoms with Gasteiger partial charge in [0.15, 0.2) is 28.2 Å². The molecule has 2 saturated heterocycles. The molecule has 0 bridgehead atoms. The summed E-state index contributed by atoms with van der Waals surface area (Å²) in [4.78, 5) is 14.0. The molecule has 0 amide bonds. The molecular weight excluding hydrogens is 528 g/mol. The Morgan fingerprint density at radius 1 is 1.00 bits per heavy atom. The predicted octanol–water partition coefficient (Wildman–Crippen LogP) is 3.98. The summed E-state index contributed by atoms with van der Waals surface area (Å²) < 4.78 is 52.8. The number of benzene rings is 1. The summed E-state index contributed by atoms with van der Waals surface area (Å²) in [6.07, 6.45) is 3.23. The first kappa shape index (κ1) is 26.2. The van der Waals surface area contributed by atoms with Gasteiger partial charge in [-0.1, -0.05) is 0 Å². The monoisotopic (exact) mass is 559 g/mol. The van der Waals surface area contributed by atoms with E-state index in [1.165, 1.54) is 25.2 Å². The van der Waals surface area contributed by atoms with E-state index in [0.717, 1.165) is 73.7 Å². The molecule has 0 atom stereocenters. The number of thiocarbonyl (C=S) groups is 1. The summed E-state index contributed by atoms with van der Waals surface area (Å²) in [6, 6.07) is 3.32. The summed E-state index contributed by atoms with van der Waals surface area (Å²) in [7, 11) is 2.66. The van der Waals surface area contributed by atoms with E-state index in [1.54, 1.807) is 6.20 Å². The third-order valence-electron chi connectivity index (χ3n) is 7.64. The van der Waals surface area contributed by atoms with Crippen molar-refractivity contribution in [3.05, 3.63) is 41.2 Å². The van der Waals surface area contributed by atoms with Gasteiger partial charge in [0.2, 0.25) is 0 Å². The number of halogens is 2. The number of fused-ring (bicyclic) bond motifs is 3.